The molecule has 2 aliphatic rings. The first kappa shape index (κ1) is 15.2. The lowest BCUT2D eigenvalue weighted by atomic mass is 9.86. The molecule has 1 saturated heterocycles. The SMILES string of the molecule is O=C1CC(Cc2cccnc2)C(=O)N1CCOCC1CCC1. The lowest BCUT2D eigenvalue weighted by Crippen LogP contribution is -2.34. The Morgan fingerprint density at radius 1 is 1.32 bits per heavy atom. The van der Waals surface area contributed by atoms with E-state index in [9.17, 15) is 9.59 Å². The van der Waals surface area contributed by atoms with Gasteiger partial charge in [-0.2, -0.15) is 0 Å². The number of nitrogens with zero attached hydrogens (tertiary/aromatic N) is 2. The number of carbonyl (C=O) groups excluding carboxylic acids is 2. The van der Waals surface area contributed by atoms with Crippen molar-refractivity contribution < 1.29 is 14.3 Å². The van der Waals surface area contributed by atoms with Crippen molar-refractivity contribution in [3.05, 3.63) is 30.1 Å². The summed E-state index contributed by atoms with van der Waals surface area (Å²) in [5.74, 6) is 0.291. The summed E-state index contributed by atoms with van der Waals surface area (Å²) >= 11 is 0. The molecule has 0 aromatic carbocycles. The van der Waals surface area contributed by atoms with Gasteiger partial charge in [0.25, 0.3) is 0 Å². The number of carbonyl (C=O) groups is 2. The van der Waals surface area contributed by atoms with E-state index < -0.39 is 0 Å². The van der Waals surface area contributed by atoms with Crippen molar-refractivity contribution in [1.82, 2.24) is 9.88 Å². The molecule has 0 N–H and O–H groups in total. The molecule has 1 aliphatic heterocycles. The van der Waals surface area contributed by atoms with Crippen molar-refractivity contribution in [1.29, 1.82) is 0 Å². The van der Waals surface area contributed by atoms with Crippen LogP contribution in [0.4, 0.5) is 0 Å². The maximum absolute atomic E-state index is 12.3. The molecule has 0 bridgehead atoms. The normalized spacial score (nSPS) is 22.2. The maximum Gasteiger partial charge on any atom is 0.233 e. The Morgan fingerprint density at radius 3 is 2.86 bits per heavy atom. The molecule has 3 rings (SSSR count). The molecule has 2 amide bonds. The number of aromatic nitrogens is 1. The summed E-state index contributed by atoms with van der Waals surface area (Å²) in [7, 11) is 0. The lowest BCUT2D eigenvalue weighted by molar-refractivity contribution is -0.140. The third kappa shape index (κ3) is 3.53. The largest absolute Gasteiger partial charge is 0.379 e. The second kappa shape index (κ2) is 7.01. The summed E-state index contributed by atoms with van der Waals surface area (Å²) in [6.45, 7) is 1.59. The molecule has 0 spiro atoms. The number of pyridine rings is 1. The molecule has 1 aromatic heterocycles. The number of imide groups is 1. The fraction of sp³-hybridized carbons (Fsp3) is 0.588. The van der Waals surface area contributed by atoms with Gasteiger partial charge in [0, 0.05) is 25.4 Å². The van der Waals surface area contributed by atoms with Gasteiger partial charge in [-0.25, -0.2) is 0 Å². The minimum Gasteiger partial charge on any atom is -0.379 e. The Labute approximate surface area is 130 Å². The molecule has 22 heavy (non-hydrogen) atoms. The topological polar surface area (TPSA) is 59.5 Å². The molecular formula is C17H22N2O3. The van der Waals surface area contributed by atoms with E-state index in [0.717, 1.165) is 12.2 Å². The monoisotopic (exact) mass is 302 g/mol. The van der Waals surface area contributed by atoms with Crippen LogP contribution >= 0.6 is 0 Å². The van der Waals surface area contributed by atoms with E-state index >= 15 is 0 Å². The summed E-state index contributed by atoms with van der Waals surface area (Å²) in [6.07, 6.45) is 8.13. The minimum atomic E-state index is -0.247. The van der Waals surface area contributed by atoms with Crippen molar-refractivity contribution in [2.24, 2.45) is 11.8 Å². The van der Waals surface area contributed by atoms with Crippen molar-refractivity contribution in [2.45, 2.75) is 32.1 Å². The van der Waals surface area contributed by atoms with Gasteiger partial charge in [-0.15, -0.1) is 0 Å². The number of likely N-dealkylation sites (tertiary alicyclic amines) is 1. The van der Waals surface area contributed by atoms with E-state index in [2.05, 4.69) is 4.98 Å². The zero-order chi connectivity index (χ0) is 15.4. The second-order valence-electron chi connectivity index (χ2n) is 6.22. The van der Waals surface area contributed by atoms with Gasteiger partial charge in [0.15, 0.2) is 0 Å². The van der Waals surface area contributed by atoms with Gasteiger partial charge in [0.05, 0.1) is 19.1 Å². The molecule has 118 valence electrons. The van der Waals surface area contributed by atoms with E-state index in [1.54, 1.807) is 12.4 Å². The zero-order valence-corrected chi connectivity index (χ0v) is 12.7. The van der Waals surface area contributed by atoms with Crippen LogP contribution in [0.3, 0.4) is 0 Å². The Bertz CT molecular complexity index is 528. The molecule has 2 fully saturated rings. The standard InChI is InChI=1S/C17H22N2O3/c20-16-10-15(9-14-5-2-6-18-11-14)17(21)19(16)7-8-22-12-13-3-1-4-13/h2,5-6,11,13,15H,1,3-4,7-10,12H2. The Morgan fingerprint density at radius 2 is 2.18 bits per heavy atom. The molecule has 5 nitrogen and oxygen atoms in total. The Balaban J connectivity index is 1.46. The lowest BCUT2D eigenvalue weighted by Gasteiger charge is -2.25. The van der Waals surface area contributed by atoms with Crippen LogP contribution in [0.15, 0.2) is 24.5 Å². The zero-order valence-electron chi connectivity index (χ0n) is 12.7. The number of hydrogen-bond acceptors (Lipinski definition) is 4. The van der Waals surface area contributed by atoms with E-state index in [0.29, 0.717) is 31.9 Å². The first-order valence-corrected chi connectivity index (χ1v) is 8.05. The predicted octanol–water partition coefficient (Wildman–Crippen LogP) is 1.82. The second-order valence-corrected chi connectivity index (χ2v) is 6.22. The highest BCUT2D eigenvalue weighted by atomic mass is 16.5. The fourth-order valence-electron chi connectivity index (χ4n) is 3.01. The van der Waals surface area contributed by atoms with Gasteiger partial charge < -0.3 is 4.74 Å². The van der Waals surface area contributed by atoms with Crippen LogP contribution in [-0.4, -0.2) is 41.5 Å². The quantitative estimate of drug-likeness (QED) is 0.569. The number of rotatable bonds is 7. The van der Waals surface area contributed by atoms with Gasteiger partial charge in [-0.3, -0.25) is 19.5 Å². The molecule has 1 atom stereocenters. The van der Waals surface area contributed by atoms with E-state index in [1.807, 2.05) is 12.1 Å². The molecule has 1 saturated carbocycles. The van der Waals surface area contributed by atoms with Gasteiger partial charge in [-0.1, -0.05) is 12.5 Å². The smallest absolute Gasteiger partial charge is 0.233 e. The van der Waals surface area contributed by atoms with Crippen LogP contribution in [0.25, 0.3) is 0 Å². The van der Waals surface area contributed by atoms with Crippen molar-refractivity contribution in [2.75, 3.05) is 19.8 Å². The summed E-state index contributed by atoms with van der Waals surface area (Å²) < 4.78 is 5.59. The number of ether oxygens (including phenoxy) is 1. The highest BCUT2D eigenvalue weighted by molar-refractivity contribution is 6.03. The summed E-state index contributed by atoms with van der Waals surface area (Å²) in [5, 5.41) is 0. The minimum absolute atomic E-state index is 0.0684. The van der Waals surface area contributed by atoms with Crippen LogP contribution in [0.1, 0.15) is 31.2 Å². The van der Waals surface area contributed by atoms with Gasteiger partial charge >= 0.3 is 0 Å². The molecule has 0 radical (unpaired) electrons. The van der Waals surface area contributed by atoms with Gasteiger partial charge in [0.1, 0.15) is 0 Å². The molecule has 2 heterocycles. The maximum atomic E-state index is 12.3. The summed E-state index contributed by atoms with van der Waals surface area (Å²) in [4.78, 5) is 29.8. The highest BCUT2D eigenvalue weighted by Crippen LogP contribution is 2.26. The van der Waals surface area contributed by atoms with Crippen molar-refractivity contribution >= 4 is 11.8 Å². The van der Waals surface area contributed by atoms with E-state index in [4.69, 9.17) is 4.74 Å². The first-order chi connectivity index (χ1) is 10.7. The first-order valence-electron chi connectivity index (χ1n) is 8.05. The Hall–Kier alpha value is -1.75. The summed E-state index contributed by atoms with van der Waals surface area (Å²) in [6, 6.07) is 3.79. The number of hydrogen-bond donors (Lipinski definition) is 0. The molecule has 1 unspecified atom stereocenters. The van der Waals surface area contributed by atoms with Crippen molar-refractivity contribution in [3.63, 3.8) is 0 Å². The van der Waals surface area contributed by atoms with E-state index in [-0.39, 0.29) is 17.7 Å². The van der Waals surface area contributed by atoms with Crippen molar-refractivity contribution in [3.8, 4) is 0 Å². The van der Waals surface area contributed by atoms with E-state index in [1.165, 1.54) is 24.2 Å². The summed E-state index contributed by atoms with van der Waals surface area (Å²) in [5.41, 5.74) is 0.997. The van der Waals surface area contributed by atoms with Crippen LogP contribution in [0.5, 0.6) is 0 Å². The van der Waals surface area contributed by atoms with Crippen LogP contribution in [0, 0.1) is 11.8 Å². The van der Waals surface area contributed by atoms with Crippen LogP contribution in [-0.2, 0) is 20.7 Å². The van der Waals surface area contributed by atoms with Crippen LogP contribution in [0.2, 0.25) is 0 Å². The highest BCUT2D eigenvalue weighted by Gasteiger charge is 2.38. The average Bonchev–Trinajstić information content (AvgIpc) is 2.73. The molecule has 1 aliphatic carbocycles. The third-order valence-electron chi connectivity index (χ3n) is 4.58. The van der Waals surface area contributed by atoms with Crippen LogP contribution < -0.4 is 0 Å². The fourth-order valence-corrected chi connectivity index (χ4v) is 3.01. The molecular weight excluding hydrogens is 280 g/mol. The molecule has 1 aromatic rings. The Kier molecular flexibility index (Phi) is 4.83. The molecule has 5 heteroatoms. The third-order valence-corrected chi connectivity index (χ3v) is 4.58. The predicted molar refractivity (Wildman–Crippen MR) is 80.9 cm³/mol. The van der Waals surface area contributed by atoms with Gasteiger partial charge in [-0.05, 0) is 36.8 Å². The number of amides is 2. The van der Waals surface area contributed by atoms with Gasteiger partial charge in [0.2, 0.25) is 11.8 Å². The average molecular weight is 302 g/mol.